The van der Waals surface area contributed by atoms with Crippen LogP contribution in [0.5, 0.6) is 0 Å². The van der Waals surface area contributed by atoms with Gasteiger partial charge in [-0.2, -0.15) is 0 Å². The van der Waals surface area contributed by atoms with Gasteiger partial charge in [0.1, 0.15) is 0 Å². The van der Waals surface area contributed by atoms with E-state index < -0.39 is 4.92 Å². The van der Waals surface area contributed by atoms with Crippen molar-refractivity contribution in [3.8, 4) is 0 Å². The third-order valence-corrected chi connectivity index (χ3v) is 2.75. The minimum absolute atomic E-state index is 0.00914. The van der Waals surface area contributed by atoms with E-state index in [9.17, 15) is 14.9 Å². The number of nitrogens with zero attached hydrogens (tertiary/aromatic N) is 1. The van der Waals surface area contributed by atoms with Crippen LogP contribution in [0, 0.1) is 10.1 Å². The molecule has 1 atom stereocenters. The molecule has 0 aliphatic rings. The van der Waals surface area contributed by atoms with Crippen molar-refractivity contribution < 1.29 is 9.72 Å². The first-order valence-electron chi connectivity index (χ1n) is 6.50. The molecular weight excluding hydrogens is 260 g/mol. The Labute approximate surface area is 117 Å². The van der Waals surface area contributed by atoms with Crippen LogP contribution in [0.25, 0.3) is 0 Å². The molecule has 0 radical (unpaired) electrons. The van der Waals surface area contributed by atoms with Crippen LogP contribution in [-0.4, -0.2) is 30.0 Å². The Balaban J connectivity index is 2.24. The van der Waals surface area contributed by atoms with E-state index in [0.29, 0.717) is 25.9 Å². The maximum absolute atomic E-state index is 11.5. The summed E-state index contributed by atoms with van der Waals surface area (Å²) in [5.74, 6) is -0.0200. The number of nitro benzene ring substituents is 1. The highest BCUT2D eigenvalue weighted by molar-refractivity contribution is 5.76. The van der Waals surface area contributed by atoms with Gasteiger partial charge in [0.05, 0.1) is 4.92 Å². The Morgan fingerprint density at radius 1 is 1.40 bits per heavy atom. The second-order valence-electron chi connectivity index (χ2n) is 4.54. The van der Waals surface area contributed by atoms with Gasteiger partial charge >= 0.3 is 0 Å². The number of hydrogen-bond acceptors (Lipinski definition) is 5. The van der Waals surface area contributed by atoms with E-state index in [0.717, 1.165) is 5.69 Å². The predicted molar refractivity (Wildman–Crippen MR) is 77.5 cm³/mol. The molecule has 0 spiro atoms. The second kappa shape index (κ2) is 8.11. The topological polar surface area (TPSA) is 110 Å². The van der Waals surface area contributed by atoms with Crippen LogP contribution in [0.15, 0.2) is 24.3 Å². The smallest absolute Gasteiger partial charge is 0.269 e. The monoisotopic (exact) mass is 280 g/mol. The van der Waals surface area contributed by atoms with Crippen molar-refractivity contribution in [1.82, 2.24) is 5.32 Å². The lowest BCUT2D eigenvalue weighted by molar-refractivity contribution is -0.384. The van der Waals surface area contributed by atoms with Crippen LogP contribution in [0.4, 0.5) is 11.4 Å². The number of rotatable bonds is 8. The summed E-state index contributed by atoms with van der Waals surface area (Å²) in [6.07, 6.45) is 1.10. The molecule has 0 saturated carbocycles. The summed E-state index contributed by atoms with van der Waals surface area (Å²) in [6, 6.07) is 6.17. The number of nitrogens with two attached hydrogens (primary N) is 1. The minimum Gasteiger partial charge on any atom is -0.385 e. The summed E-state index contributed by atoms with van der Waals surface area (Å²) >= 11 is 0. The first-order valence-corrected chi connectivity index (χ1v) is 6.50. The molecule has 1 aromatic rings. The van der Waals surface area contributed by atoms with Gasteiger partial charge in [-0.1, -0.05) is 0 Å². The van der Waals surface area contributed by atoms with E-state index in [2.05, 4.69) is 10.6 Å². The highest BCUT2D eigenvalue weighted by Gasteiger charge is 2.06. The van der Waals surface area contributed by atoms with Gasteiger partial charge in [-0.05, 0) is 25.5 Å². The summed E-state index contributed by atoms with van der Waals surface area (Å²) in [4.78, 5) is 21.5. The average molecular weight is 280 g/mol. The molecule has 0 saturated heterocycles. The molecule has 0 heterocycles. The summed E-state index contributed by atoms with van der Waals surface area (Å²) in [6.45, 7) is 2.90. The van der Waals surface area contributed by atoms with E-state index in [1.54, 1.807) is 12.1 Å². The highest BCUT2D eigenvalue weighted by Crippen LogP contribution is 2.15. The third kappa shape index (κ3) is 5.66. The van der Waals surface area contributed by atoms with Crippen LogP contribution in [0.1, 0.15) is 19.8 Å². The zero-order chi connectivity index (χ0) is 15.0. The fourth-order valence-corrected chi connectivity index (χ4v) is 1.59. The first-order chi connectivity index (χ1) is 9.52. The largest absolute Gasteiger partial charge is 0.385 e. The van der Waals surface area contributed by atoms with Gasteiger partial charge in [-0.15, -0.1) is 0 Å². The average Bonchev–Trinajstić information content (AvgIpc) is 2.44. The molecule has 7 nitrogen and oxygen atoms in total. The number of anilines is 1. The van der Waals surface area contributed by atoms with Gasteiger partial charge in [0.15, 0.2) is 0 Å². The highest BCUT2D eigenvalue weighted by atomic mass is 16.6. The van der Waals surface area contributed by atoms with Crippen LogP contribution in [-0.2, 0) is 4.79 Å². The molecule has 0 aliphatic carbocycles. The van der Waals surface area contributed by atoms with E-state index >= 15 is 0 Å². The van der Waals surface area contributed by atoms with Crippen molar-refractivity contribution in [3.63, 3.8) is 0 Å². The molecule has 1 rings (SSSR count). The molecule has 0 fully saturated rings. The summed E-state index contributed by atoms with van der Waals surface area (Å²) in [5, 5.41) is 16.4. The first kappa shape index (κ1) is 15.9. The molecule has 0 aliphatic heterocycles. The van der Waals surface area contributed by atoms with Gasteiger partial charge in [-0.3, -0.25) is 14.9 Å². The number of hydrogen-bond donors (Lipinski definition) is 3. The van der Waals surface area contributed by atoms with Crippen LogP contribution in [0.2, 0.25) is 0 Å². The Morgan fingerprint density at radius 3 is 2.60 bits per heavy atom. The Hall–Kier alpha value is -2.15. The lowest BCUT2D eigenvalue weighted by atomic mass is 10.2. The van der Waals surface area contributed by atoms with Gasteiger partial charge in [0, 0.05) is 43.4 Å². The Bertz CT molecular complexity index is 447. The number of carbonyl (C=O) groups excluding carboxylic acids is 1. The summed E-state index contributed by atoms with van der Waals surface area (Å²) in [7, 11) is 0. The van der Waals surface area contributed by atoms with Crippen molar-refractivity contribution in [2.45, 2.75) is 25.8 Å². The summed E-state index contributed by atoms with van der Waals surface area (Å²) < 4.78 is 0. The molecule has 0 aromatic heterocycles. The molecule has 7 heteroatoms. The van der Waals surface area contributed by atoms with Crippen LogP contribution >= 0.6 is 0 Å². The fourth-order valence-electron chi connectivity index (χ4n) is 1.59. The maximum Gasteiger partial charge on any atom is 0.269 e. The molecule has 1 amide bonds. The zero-order valence-corrected chi connectivity index (χ0v) is 11.5. The van der Waals surface area contributed by atoms with E-state index in [1.807, 2.05) is 6.92 Å². The Kier molecular flexibility index (Phi) is 6.45. The van der Waals surface area contributed by atoms with Crippen molar-refractivity contribution in [3.05, 3.63) is 34.4 Å². The fraction of sp³-hybridized carbons (Fsp3) is 0.462. The van der Waals surface area contributed by atoms with Crippen molar-refractivity contribution in [2.75, 3.05) is 18.4 Å². The van der Waals surface area contributed by atoms with Crippen molar-refractivity contribution >= 4 is 17.3 Å². The molecule has 20 heavy (non-hydrogen) atoms. The predicted octanol–water partition coefficient (Wildman–Crippen LogP) is 1.25. The number of benzene rings is 1. The SMILES string of the molecule is C[C@@H](CN)NC(=O)CCCNc1ccc([N+](=O)[O-])cc1. The van der Waals surface area contributed by atoms with Gasteiger partial charge < -0.3 is 16.4 Å². The number of nitrogens with one attached hydrogen (secondary N) is 2. The zero-order valence-electron chi connectivity index (χ0n) is 11.5. The molecular formula is C13H20N4O3. The Morgan fingerprint density at radius 2 is 2.05 bits per heavy atom. The van der Waals surface area contributed by atoms with E-state index in [4.69, 9.17) is 5.73 Å². The van der Waals surface area contributed by atoms with Gasteiger partial charge in [0.25, 0.3) is 5.69 Å². The molecule has 0 unspecified atom stereocenters. The quantitative estimate of drug-likeness (QED) is 0.377. The minimum atomic E-state index is -0.438. The van der Waals surface area contributed by atoms with Crippen LogP contribution < -0.4 is 16.4 Å². The summed E-state index contributed by atoms with van der Waals surface area (Å²) in [5.41, 5.74) is 6.27. The van der Waals surface area contributed by atoms with Crippen LogP contribution in [0.3, 0.4) is 0 Å². The van der Waals surface area contributed by atoms with Gasteiger partial charge in [-0.25, -0.2) is 0 Å². The number of amides is 1. The maximum atomic E-state index is 11.5. The molecule has 0 bridgehead atoms. The van der Waals surface area contributed by atoms with Crippen molar-refractivity contribution in [2.24, 2.45) is 5.73 Å². The number of nitro groups is 1. The molecule has 1 aromatic carbocycles. The standard InChI is InChI=1S/C13H20N4O3/c1-10(9-14)16-13(18)3-2-8-15-11-4-6-12(7-5-11)17(19)20/h4-7,10,15H,2-3,8-9,14H2,1H3,(H,16,18)/t10-/m0/s1. The number of non-ortho nitro benzene ring substituents is 1. The molecule has 4 N–H and O–H groups in total. The second-order valence-corrected chi connectivity index (χ2v) is 4.54. The van der Waals surface area contributed by atoms with Gasteiger partial charge in [0.2, 0.25) is 5.91 Å². The van der Waals surface area contributed by atoms with E-state index in [-0.39, 0.29) is 17.6 Å². The van der Waals surface area contributed by atoms with Crippen molar-refractivity contribution in [1.29, 1.82) is 0 Å². The third-order valence-electron chi connectivity index (χ3n) is 2.75. The lowest BCUT2D eigenvalue weighted by Gasteiger charge is -2.11. The normalized spacial score (nSPS) is 11.7. The molecule has 110 valence electrons. The number of carbonyl (C=O) groups is 1. The van der Waals surface area contributed by atoms with E-state index in [1.165, 1.54) is 12.1 Å². The lowest BCUT2D eigenvalue weighted by Crippen LogP contribution is -2.37.